The Kier molecular flexibility index (Phi) is 6.59. The number of ether oxygens (including phenoxy) is 1. The first-order valence-corrected chi connectivity index (χ1v) is 11.3. The van der Waals surface area contributed by atoms with Crippen LogP contribution in [-0.2, 0) is 14.8 Å². The minimum Gasteiger partial charge on any atom is -0.497 e. The molecular weight excluding hydrogens is 388 g/mol. The molecule has 7 heteroatoms. The molecule has 0 bridgehead atoms. The number of sulfonamides is 1. The van der Waals surface area contributed by atoms with Gasteiger partial charge in [-0.1, -0.05) is 18.2 Å². The van der Waals surface area contributed by atoms with Crippen molar-refractivity contribution in [1.29, 1.82) is 0 Å². The van der Waals surface area contributed by atoms with Crippen molar-refractivity contribution >= 4 is 15.9 Å². The lowest BCUT2D eigenvalue weighted by Crippen LogP contribution is -2.34. The minimum atomic E-state index is -3.63. The molecule has 2 aromatic carbocycles. The summed E-state index contributed by atoms with van der Waals surface area (Å²) >= 11 is 0. The zero-order chi connectivity index (χ0) is 21.0. The van der Waals surface area contributed by atoms with Crippen LogP contribution in [0, 0.1) is 13.8 Å². The van der Waals surface area contributed by atoms with Gasteiger partial charge in [-0.25, -0.2) is 13.1 Å². The number of carbonyl (C=O) groups is 1. The average Bonchev–Trinajstić information content (AvgIpc) is 3.20. The molecular formula is C22H28N2O4S. The summed E-state index contributed by atoms with van der Waals surface area (Å²) in [6.45, 7) is 4.59. The van der Waals surface area contributed by atoms with E-state index in [2.05, 4.69) is 4.72 Å². The highest BCUT2D eigenvalue weighted by atomic mass is 32.2. The summed E-state index contributed by atoms with van der Waals surface area (Å²) in [5.41, 5.74) is 3.04. The van der Waals surface area contributed by atoms with Crippen molar-refractivity contribution in [3.8, 4) is 5.75 Å². The molecule has 29 heavy (non-hydrogen) atoms. The fraction of sp³-hybridized carbons (Fsp3) is 0.409. The van der Waals surface area contributed by atoms with E-state index in [0.29, 0.717) is 6.54 Å². The van der Waals surface area contributed by atoms with E-state index >= 15 is 0 Å². The van der Waals surface area contributed by atoms with Gasteiger partial charge in [-0.05, 0) is 67.6 Å². The third-order valence-electron chi connectivity index (χ3n) is 5.49. The second-order valence-electron chi connectivity index (χ2n) is 7.41. The highest BCUT2D eigenvalue weighted by molar-refractivity contribution is 7.89. The number of benzene rings is 2. The van der Waals surface area contributed by atoms with Gasteiger partial charge in [0.15, 0.2) is 0 Å². The molecule has 1 fully saturated rings. The molecule has 156 valence electrons. The first-order chi connectivity index (χ1) is 13.8. The van der Waals surface area contributed by atoms with Crippen LogP contribution < -0.4 is 9.46 Å². The van der Waals surface area contributed by atoms with Gasteiger partial charge in [-0.15, -0.1) is 0 Å². The van der Waals surface area contributed by atoms with E-state index in [-0.39, 0.29) is 29.8 Å². The van der Waals surface area contributed by atoms with Crippen LogP contribution in [0.3, 0.4) is 0 Å². The first kappa shape index (κ1) is 21.3. The van der Waals surface area contributed by atoms with Gasteiger partial charge in [0.1, 0.15) is 5.75 Å². The molecule has 0 aliphatic carbocycles. The number of methoxy groups -OCH3 is 1. The number of rotatable bonds is 7. The van der Waals surface area contributed by atoms with Crippen molar-refractivity contribution in [3.05, 3.63) is 59.2 Å². The molecule has 1 unspecified atom stereocenters. The Morgan fingerprint density at radius 2 is 1.86 bits per heavy atom. The second-order valence-corrected chi connectivity index (χ2v) is 9.18. The van der Waals surface area contributed by atoms with Crippen molar-refractivity contribution in [1.82, 2.24) is 9.62 Å². The van der Waals surface area contributed by atoms with Gasteiger partial charge in [0.2, 0.25) is 15.9 Å². The lowest BCUT2D eigenvalue weighted by atomic mass is 10.0. The SMILES string of the molecule is COc1ccc(C2CCCN2C(=O)CCNS(=O)(=O)c2ccc(C)c(C)c2)cc1. The van der Waals surface area contributed by atoms with Gasteiger partial charge in [0.05, 0.1) is 18.0 Å². The maximum Gasteiger partial charge on any atom is 0.240 e. The van der Waals surface area contributed by atoms with Crippen LogP contribution in [-0.4, -0.2) is 39.4 Å². The number of hydrogen-bond donors (Lipinski definition) is 1. The molecule has 1 saturated heterocycles. The number of nitrogens with zero attached hydrogens (tertiary/aromatic N) is 1. The summed E-state index contributed by atoms with van der Waals surface area (Å²) in [7, 11) is -2.00. The quantitative estimate of drug-likeness (QED) is 0.751. The summed E-state index contributed by atoms with van der Waals surface area (Å²) in [6.07, 6.45) is 1.99. The van der Waals surface area contributed by atoms with Crippen molar-refractivity contribution in [2.24, 2.45) is 0 Å². The molecule has 1 aliphatic rings. The third-order valence-corrected chi connectivity index (χ3v) is 6.95. The van der Waals surface area contributed by atoms with Gasteiger partial charge in [-0.3, -0.25) is 4.79 Å². The molecule has 1 heterocycles. The van der Waals surface area contributed by atoms with Crippen molar-refractivity contribution in [2.75, 3.05) is 20.2 Å². The smallest absolute Gasteiger partial charge is 0.240 e. The molecule has 0 radical (unpaired) electrons. The van der Waals surface area contributed by atoms with E-state index in [9.17, 15) is 13.2 Å². The predicted octanol–water partition coefficient (Wildman–Crippen LogP) is 3.34. The average molecular weight is 417 g/mol. The van der Waals surface area contributed by atoms with Gasteiger partial charge >= 0.3 is 0 Å². The van der Waals surface area contributed by atoms with E-state index in [4.69, 9.17) is 4.74 Å². The van der Waals surface area contributed by atoms with Gasteiger partial charge < -0.3 is 9.64 Å². The highest BCUT2D eigenvalue weighted by Crippen LogP contribution is 2.33. The van der Waals surface area contributed by atoms with E-state index in [0.717, 1.165) is 35.3 Å². The minimum absolute atomic E-state index is 0.0322. The van der Waals surface area contributed by atoms with Crippen molar-refractivity contribution in [3.63, 3.8) is 0 Å². The van der Waals surface area contributed by atoms with Crippen LogP contribution >= 0.6 is 0 Å². The monoisotopic (exact) mass is 416 g/mol. The number of aryl methyl sites for hydroxylation is 2. The Bertz CT molecular complexity index is 971. The summed E-state index contributed by atoms with van der Waals surface area (Å²) in [5.74, 6) is 0.747. The third kappa shape index (κ3) is 4.97. The molecule has 3 rings (SSSR count). The van der Waals surface area contributed by atoms with Crippen molar-refractivity contribution < 1.29 is 17.9 Å². The maximum atomic E-state index is 12.7. The zero-order valence-corrected chi connectivity index (χ0v) is 18.0. The Balaban J connectivity index is 1.60. The fourth-order valence-electron chi connectivity index (χ4n) is 3.64. The lowest BCUT2D eigenvalue weighted by Gasteiger charge is -2.25. The number of amides is 1. The Morgan fingerprint density at radius 1 is 1.14 bits per heavy atom. The van der Waals surface area contributed by atoms with E-state index in [1.807, 2.05) is 43.0 Å². The van der Waals surface area contributed by atoms with Crippen molar-refractivity contribution in [2.45, 2.75) is 44.0 Å². The number of likely N-dealkylation sites (tertiary alicyclic amines) is 1. The van der Waals surface area contributed by atoms with Crippen LogP contribution in [0.2, 0.25) is 0 Å². The van der Waals surface area contributed by atoms with Gasteiger partial charge in [-0.2, -0.15) is 0 Å². The van der Waals surface area contributed by atoms with Gasteiger partial charge in [0.25, 0.3) is 0 Å². The number of hydrogen-bond acceptors (Lipinski definition) is 4. The molecule has 1 atom stereocenters. The summed E-state index contributed by atoms with van der Waals surface area (Å²) in [4.78, 5) is 14.8. The highest BCUT2D eigenvalue weighted by Gasteiger charge is 2.29. The number of nitrogens with one attached hydrogen (secondary N) is 1. The molecule has 6 nitrogen and oxygen atoms in total. The van der Waals surface area contributed by atoms with Crippen LogP contribution in [0.5, 0.6) is 5.75 Å². The van der Waals surface area contributed by atoms with Gasteiger partial charge in [0, 0.05) is 19.5 Å². The number of carbonyl (C=O) groups excluding carboxylic acids is 1. The second kappa shape index (κ2) is 8.97. The Labute approximate surface area is 172 Å². The molecule has 1 aliphatic heterocycles. The van der Waals surface area contributed by atoms with Crippen LogP contribution in [0.1, 0.15) is 42.0 Å². The largest absolute Gasteiger partial charge is 0.497 e. The first-order valence-electron chi connectivity index (χ1n) is 9.82. The fourth-order valence-corrected chi connectivity index (χ4v) is 4.75. The van der Waals surface area contributed by atoms with Crippen LogP contribution in [0.25, 0.3) is 0 Å². The predicted molar refractivity (Wildman–Crippen MR) is 112 cm³/mol. The van der Waals surface area contributed by atoms with Crippen LogP contribution in [0.15, 0.2) is 47.4 Å². The lowest BCUT2D eigenvalue weighted by molar-refractivity contribution is -0.131. The molecule has 1 N–H and O–H groups in total. The molecule has 2 aromatic rings. The molecule has 0 aromatic heterocycles. The Morgan fingerprint density at radius 3 is 2.52 bits per heavy atom. The molecule has 1 amide bonds. The summed E-state index contributed by atoms with van der Waals surface area (Å²) in [6, 6.07) is 12.8. The van der Waals surface area contributed by atoms with Crippen LogP contribution in [0.4, 0.5) is 0 Å². The normalized spacial score (nSPS) is 16.8. The summed E-state index contributed by atoms with van der Waals surface area (Å²) in [5, 5.41) is 0. The molecule has 0 spiro atoms. The zero-order valence-electron chi connectivity index (χ0n) is 17.1. The molecule has 0 saturated carbocycles. The van der Waals surface area contributed by atoms with E-state index in [1.54, 1.807) is 25.3 Å². The van der Waals surface area contributed by atoms with E-state index in [1.165, 1.54) is 0 Å². The van der Waals surface area contributed by atoms with E-state index < -0.39 is 10.0 Å². The summed E-state index contributed by atoms with van der Waals surface area (Å²) < 4.78 is 32.7. The topological polar surface area (TPSA) is 75.7 Å². The maximum absolute atomic E-state index is 12.7. The Hall–Kier alpha value is -2.38. The standard InChI is InChI=1S/C22H28N2O4S/c1-16-6-11-20(15-17(16)2)29(26,27)23-13-12-22(25)24-14-4-5-21(24)18-7-9-19(28-3)10-8-18/h6-11,15,21,23H,4-5,12-14H2,1-3H3.